The SMILES string of the molecule is C=CC(=O)NC1CCCC1C(C#N)(c1cccc(F)c1)C1CCN(CC2CN(c3ccc(S(=O)c4ccccc4)cc3)C2)CC1. The minimum Gasteiger partial charge on any atom is -0.371 e. The molecule has 45 heavy (non-hydrogen) atoms. The minimum atomic E-state index is -1.18. The van der Waals surface area contributed by atoms with E-state index in [1.807, 2.05) is 48.5 Å². The Morgan fingerprint density at radius 1 is 1.00 bits per heavy atom. The molecule has 2 heterocycles. The molecule has 6 rings (SSSR count). The van der Waals surface area contributed by atoms with E-state index in [-0.39, 0.29) is 29.6 Å². The Morgan fingerprint density at radius 3 is 2.38 bits per heavy atom. The van der Waals surface area contributed by atoms with E-state index >= 15 is 0 Å². The van der Waals surface area contributed by atoms with Gasteiger partial charge in [0.15, 0.2) is 0 Å². The van der Waals surface area contributed by atoms with Crippen molar-refractivity contribution < 1.29 is 13.4 Å². The molecule has 8 heteroatoms. The van der Waals surface area contributed by atoms with Crippen molar-refractivity contribution in [2.24, 2.45) is 17.8 Å². The molecule has 0 aromatic heterocycles. The molecule has 234 valence electrons. The second kappa shape index (κ2) is 13.7. The molecule has 0 bridgehead atoms. The smallest absolute Gasteiger partial charge is 0.243 e. The first kappa shape index (κ1) is 31.2. The molecule has 3 aliphatic rings. The van der Waals surface area contributed by atoms with Crippen molar-refractivity contribution in [3.05, 3.63) is 103 Å². The summed E-state index contributed by atoms with van der Waals surface area (Å²) in [6, 6.07) is 26.8. The summed E-state index contributed by atoms with van der Waals surface area (Å²) in [5.74, 6) is 0.00586. The lowest BCUT2D eigenvalue weighted by Gasteiger charge is -2.48. The van der Waals surface area contributed by atoms with Crippen molar-refractivity contribution >= 4 is 22.4 Å². The largest absolute Gasteiger partial charge is 0.371 e. The zero-order valence-electron chi connectivity index (χ0n) is 25.6. The predicted molar refractivity (Wildman–Crippen MR) is 176 cm³/mol. The highest BCUT2D eigenvalue weighted by molar-refractivity contribution is 7.85. The van der Waals surface area contributed by atoms with Crippen LogP contribution in [-0.2, 0) is 21.0 Å². The molecule has 1 saturated carbocycles. The summed E-state index contributed by atoms with van der Waals surface area (Å²) in [7, 11) is -1.18. The third-order valence-electron chi connectivity index (χ3n) is 10.2. The number of carbonyl (C=O) groups is 1. The van der Waals surface area contributed by atoms with E-state index in [0.29, 0.717) is 5.92 Å². The van der Waals surface area contributed by atoms with Gasteiger partial charge in [0.25, 0.3) is 0 Å². The molecular formula is C37H41FN4O2S. The van der Waals surface area contributed by atoms with Crippen LogP contribution in [-0.4, -0.2) is 53.8 Å². The normalized spacial score (nSPS) is 23.0. The average Bonchev–Trinajstić information content (AvgIpc) is 3.52. The quantitative estimate of drug-likeness (QED) is 0.277. The summed E-state index contributed by atoms with van der Waals surface area (Å²) < 4.78 is 27.4. The highest BCUT2D eigenvalue weighted by Crippen LogP contribution is 2.50. The molecule has 6 nitrogen and oxygen atoms in total. The van der Waals surface area contributed by atoms with E-state index in [2.05, 4.69) is 39.9 Å². The van der Waals surface area contributed by atoms with E-state index in [1.54, 1.807) is 6.07 Å². The first-order chi connectivity index (χ1) is 21.9. The van der Waals surface area contributed by atoms with Gasteiger partial charge in [-0.2, -0.15) is 5.26 Å². The summed E-state index contributed by atoms with van der Waals surface area (Å²) in [6.07, 6.45) is 5.57. The Kier molecular flexibility index (Phi) is 9.48. The molecule has 4 unspecified atom stereocenters. The fraction of sp³-hybridized carbons (Fsp3) is 0.405. The fourth-order valence-electron chi connectivity index (χ4n) is 7.95. The van der Waals surface area contributed by atoms with Crippen LogP contribution in [0.2, 0.25) is 0 Å². The first-order valence-electron chi connectivity index (χ1n) is 16.1. The molecule has 1 N–H and O–H groups in total. The van der Waals surface area contributed by atoms with Gasteiger partial charge in [-0.1, -0.05) is 43.3 Å². The maximum atomic E-state index is 14.6. The highest BCUT2D eigenvalue weighted by Gasteiger charge is 2.52. The van der Waals surface area contributed by atoms with Crippen LogP contribution in [0.5, 0.6) is 0 Å². The third kappa shape index (κ3) is 6.47. The number of amides is 1. The number of hydrogen-bond acceptors (Lipinski definition) is 5. The van der Waals surface area contributed by atoms with Crippen molar-refractivity contribution in [2.45, 2.75) is 53.4 Å². The Balaban J connectivity index is 1.07. The van der Waals surface area contributed by atoms with Gasteiger partial charge in [-0.3, -0.25) is 4.79 Å². The number of piperidine rings is 1. The number of likely N-dealkylation sites (tertiary alicyclic amines) is 1. The number of carbonyl (C=O) groups excluding carboxylic acids is 1. The Bertz CT molecular complexity index is 1560. The lowest BCUT2D eigenvalue weighted by Crippen LogP contribution is -2.55. The zero-order chi connectivity index (χ0) is 31.4. The van der Waals surface area contributed by atoms with Gasteiger partial charge in [0.1, 0.15) is 5.82 Å². The first-order valence-corrected chi connectivity index (χ1v) is 17.2. The van der Waals surface area contributed by atoms with Gasteiger partial charge in [-0.05, 0) is 105 Å². The number of rotatable bonds is 10. The summed E-state index contributed by atoms with van der Waals surface area (Å²) in [4.78, 5) is 18.8. The van der Waals surface area contributed by atoms with Gasteiger partial charge in [-0.15, -0.1) is 0 Å². The van der Waals surface area contributed by atoms with Crippen molar-refractivity contribution in [1.82, 2.24) is 10.2 Å². The topological polar surface area (TPSA) is 76.4 Å². The van der Waals surface area contributed by atoms with Crippen molar-refractivity contribution in [2.75, 3.05) is 37.6 Å². The van der Waals surface area contributed by atoms with Crippen molar-refractivity contribution in [3.8, 4) is 6.07 Å². The zero-order valence-corrected chi connectivity index (χ0v) is 26.4. The van der Waals surface area contributed by atoms with Gasteiger partial charge in [0, 0.05) is 53.0 Å². The summed E-state index contributed by atoms with van der Waals surface area (Å²) in [6.45, 7) is 8.39. The van der Waals surface area contributed by atoms with Gasteiger partial charge >= 0.3 is 0 Å². The number of nitrogens with zero attached hydrogens (tertiary/aromatic N) is 3. The van der Waals surface area contributed by atoms with E-state index in [4.69, 9.17) is 0 Å². The lowest BCUT2D eigenvalue weighted by atomic mass is 9.59. The predicted octanol–water partition coefficient (Wildman–Crippen LogP) is 6.07. The number of nitriles is 1. The number of nitrogens with one attached hydrogen (secondary N) is 1. The third-order valence-corrected chi connectivity index (χ3v) is 11.6. The molecule has 4 atom stereocenters. The summed E-state index contributed by atoms with van der Waals surface area (Å²) in [5.41, 5.74) is 1.02. The van der Waals surface area contributed by atoms with Gasteiger partial charge < -0.3 is 15.1 Å². The maximum absolute atomic E-state index is 14.6. The summed E-state index contributed by atoms with van der Waals surface area (Å²) in [5, 5.41) is 14.0. The number of hydrogen-bond donors (Lipinski definition) is 1. The van der Waals surface area contributed by atoms with Crippen LogP contribution in [0.15, 0.2) is 101 Å². The second-order valence-corrected chi connectivity index (χ2v) is 14.2. The van der Waals surface area contributed by atoms with E-state index in [1.165, 1.54) is 18.2 Å². The van der Waals surface area contributed by atoms with Crippen LogP contribution in [0, 0.1) is 34.9 Å². The lowest BCUT2D eigenvalue weighted by molar-refractivity contribution is -0.117. The molecule has 0 radical (unpaired) electrons. The summed E-state index contributed by atoms with van der Waals surface area (Å²) >= 11 is 0. The Morgan fingerprint density at radius 2 is 1.71 bits per heavy atom. The van der Waals surface area contributed by atoms with Gasteiger partial charge in [0.2, 0.25) is 5.91 Å². The molecule has 1 amide bonds. The Labute approximate surface area is 268 Å². The van der Waals surface area contributed by atoms with Gasteiger partial charge in [0.05, 0.1) is 22.3 Å². The van der Waals surface area contributed by atoms with Crippen LogP contribution >= 0.6 is 0 Å². The molecule has 3 aromatic rings. The standard InChI is InChI=1S/C37H41FN4O2S/c1-2-36(43)40-35-13-7-12-34(35)37(26-39,29-8-6-9-30(38)22-29)28-18-20-41(21-19-28)23-27-24-42(25-27)31-14-16-33(17-15-31)45(44)32-10-4-3-5-11-32/h2-6,8-11,14-17,22,27-28,34-35H,1,7,12-13,18-21,23-25H2,(H,40,43). The average molecular weight is 625 g/mol. The molecular weight excluding hydrogens is 583 g/mol. The maximum Gasteiger partial charge on any atom is 0.243 e. The van der Waals surface area contributed by atoms with Crippen LogP contribution in [0.25, 0.3) is 0 Å². The molecule has 3 aromatic carbocycles. The van der Waals surface area contributed by atoms with E-state index in [0.717, 1.165) is 85.9 Å². The molecule has 2 aliphatic heterocycles. The van der Waals surface area contributed by atoms with Gasteiger partial charge in [-0.25, -0.2) is 8.60 Å². The molecule has 0 spiro atoms. The van der Waals surface area contributed by atoms with Crippen molar-refractivity contribution in [1.29, 1.82) is 5.26 Å². The van der Waals surface area contributed by atoms with E-state index in [9.17, 15) is 18.7 Å². The van der Waals surface area contributed by atoms with Crippen molar-refractivity contribution in [3.63, 3.8) is 0 Å². The second-order valence-electron chi connectivity index (χ2n) is 12.8. The number of halogens is 1. The van der Waals surface area contributed by atoms with Crippen LogP contribution in [0.1, 0.15) is 37.7 Å². The molecule has 1 aliphatic carbocycles. The van der Waals surface area contributed by atoms with Crippen LogP contribution in [0.3, 0.4) is 0 Å². The number of benzene rings is 3. The van der Waals surface area contributed by atoms with Crippen LogP contribution in [0.4, 0.5) is 10.1 Å². The number of anilines is 1. The highest BCUT2D eigenvalue weighted by atomic mass is 32.2. The van der Waals surface area contributed by atoms with Crippen LogP contribution < -0.4 is 10.2 Å². The monoisotopic (exact) mass is 624 g/mol. The minimum absolute atomic E-state index is 0.0737. The van der Waals surface area contributed by atoms with E-state index < -0.39 is 16.2 Å². The fourth-order valence-corrected chi connectivity index (χ4v) is 9.01. The molecule has 2 saturated heterocycles. The Hall–Kier alpha value is -3.80. The molecule has 3 fully saturated rings.